The number of rotatable bonds is 5. The molecule has 2 N–H and O–H groups in total. The second kappa shape index (κ2) is 5.60. The first-order valence-electron chi connectivity index (χ1n) is 4.72. The summed E-state index contributed by atoms with van der Waals surface area (Å²) in [5, 5.41) is 0. The van der Waals surface area contributed by atoms with Crippen molar-refractivity contribution in [2.75, 3.05) is 6.61 Å². The van der Waals surface area contributed by atoms with E-state index in [-0.39, 0.29) is 0 Å². The van der Waals surface area contributed by atoms with Crippen LogP contribution in [0.15, 0.2) is 24.3 Å². The molecule has 1 rings (SSSR count). The monoisotopic (exact) mass is 209 g/mol. The molecule has 0 amide bonds. The summed E-state index contributed by atoms with van der Waals surface area (Å²) < 4.78 is 5.49. The van der Waals surface area contributed by atoms with E-state index in [0.29, 0.717) is 18.0 Å². The average Bonchev–Trinajstić information content (AvgIpc) is 2.18. The number of thiocarbonyl (C=S) groups is 1. The van der Waals surface area contributed by atoms with Crippen LogP contribution in [0, 0.1) is 0 Å². The Balaban J connectivity index is 2.46. The molecular weight excluding hydrogens is 194 g/mol. The lowest BCUT2D eigenvalue weighted by Gasteiger charge is -2.06. The van der Waals surface area contributed by atoms with Crippen LogP contribution < -0.4 is 10.5 Å². The van der Waals surface area contributed by atoms with Crippen molar-refractivity contribution in [2.45, 2.75) is 19.8 Å². The highest BCUT2D eigenvalue weighted by Gasteiger charge is 1.95. The molecule has 0 saturated carbocycles. The van der Waals surface area contributed by atoms with Crippen molar-refractivity contribution in [1.29, 1.82) is 0 Å². The molecular formula is C11H15NOS. The van der Waals surface area contributed by atoms with E-state index >= 15 is 0 Å². The van der Waals surface area contributed by atoms with Crippen molar-refractivity contribution in [1.82, 2.24) is 0 Å². The van der Waals surface area contributed by atoms with Crippen LogP contribution in [-0.4, -0.2) is 11.6 Å². The first-order valence-corrected chi connectivity index (χ1v) is 5.13. The molecule has 0 spiro atoms. The Morgan fingerprint density at radius 3 is 2.93 bits per heavy atom. The highest BCUT2D eigenvalue weighted by molar-refractivity contribution is 7.80. The maximum Gasteiger partial charge on any atom is 0.119 e. The Morgan fingerprint density at radius 2 is 2.29 bits per heavy atom. The Kier molecular flexibility index (Phi) is 4.40. The van der Waals surface area contributed by atoms with Gasteiger partial charge in [0.25, 0.3) is 0 Å². The van der Waals surface area contributed by atoms with Gasteiger partial charge in [-0.25, -0.2) is 0 Å². The molecule has 0 bridgehead atoms. The van der Waals surface area contributed by atoms with Crippen molar-refractivity contribution in [3.05, 3.63) is 29.8 Å². The van der Waals surface area contributed by atoms with Gasteiger partial charge in [0, 0.05) is 6.42 Å². The molecule has 0 saturated heterocycles. The molecule has 0 atom stereocenters. The van der Waals surface area contributed by atoms with Gasteiger partial charge in [-0.15, -0.1) is 0 Å². The largest absolute Gasteiger partial charge is 0.493 e. The van der Waals surface area contributed by atoms with E-state index in [9.17, 15) is 0 Å². The number of aryl methyl sites for hydroxylation is 1. The Morgan fingerprint density at radius 1 is 1.50 bits per heavy atom. The molecule has 76 valence electrons. The summed E-state index contributed by atoms with van der Waals surface area (Å²) in [6.45, 7) is 2.68. The highest BCUT2D eigenvalue weighted by Crippen LogP contribution is 2.13. The maximum absolute atomic E-state index is 5.49. The molecule has 0 aliphatic rings. The number of hydrogen-bond donors (Lipinski definition) is 1. The van der Waals surface area contributed by atoms with Gasteiger partial charge in [0.2, 0.25) is 0 Å². The van der Waals surface area contributed by atoms with Crippen molar-refractivity contribution in [2.24, 2.45) is 5.73 Å². The van der Waals surface area contributed by atoms with E-state index < -0.39 is 0 Å². The molecule has 1 aromatic rings. The molecule has 0 heterocycles. The van der Waals surface area contributed by atoms with E-state index in [2.05, 4.69) is 13.0 Å². The second-order valence-electron chi connectivity index (χ2n) is 3.07. The number of benzene rings is 1. The van der Waals surface area contributed by atoms with Crippen LogP contribution in [0.2, 0.25) is 0 Å². The number of nitrogens with two attached hydrogens (primary N) is 1. The fourth-order valence-corrected chi connectivity index (χ4v) is 1.21. The zero-order chi connectivity index (χ0) is 10.4. The van der Waals surface area contributed by atoms with Crippen LogP contribution in [0.3, 0.4) is 0 Å². The normalized spacial score (nSPS) is 9.79. The fraction of sp³-hybridized carbons (Fsp3) is 0.364. The predicted molar refractivity (Wildman–Crippen MR) is 62.7 cm³/mol. The quantitative estimate of drug-likeness (QED) is 0.756. The van der Waals surface area contributed by atoms with Gasteiger partial charge in [0.1, 0.15) is 5.75 Å². The molecule has 0 aromatic heterocycles. The first-order chi connectivity index (χ1) is 6.72. The van der Waals surface area contributed by atoms with Crippen LogP contribution in [0.4, 0.5) is 0 Å². The van der Waals surface area contributed by atoms with Gasteiger partial charge >= 0.3 is 0 Å². The van der Waals surface area contributed by atoms with Crippen molar-refractivity contribution < 1.29 is 4.74 Å². The summed E-state index contributed by atoms with van der Waals surface area (Å²) in [5.74, 6) is 0.889. The lowest BCUT2D eigenvalue weighted by Crippen LogP contribution is -2.12. The van der Waals surface area contributed by atoms with E-state index in [0.717, 1.165) is 12.2 Å². The van der Waals surface area contributed by atoms with Gasteiger partial charge in [-0.3, -0.25) is 0 Å². The minimum atomic E-state index is 0.497. The Bertz CT molecular complexity index is 312. The minimum absolute atomic E-state index is 0.497. The zero-order valence-corrected chi connectivity index (χ0v) is 9.14. The zero-order valence-electron chi connectivity index (χ0n) is 8.32. The van der Waals surface area contributed by atoms with Crippen LogP contribution in [0.5, 0.6) is 5.75 Å². The smallest absolute Gasteiger partial charge is 0.119 e. The SMILES string of the molecule is CCc1cccc(OCCC(N)=S)c1. The highest BCUT2D eigenvalue weighted by atomic mass is 32.1. The third-order valence-corrected chi connectivity index (χ3v) is 2.13. The van der Waals surface area contributed by atoms with Gasteiger partial charge < -0.3 is 10.5 Å². The summed E-state index contributed by atoms with van der Waals surface area (Å²) in [7, 11) is 0. The molecule has 1 aromatic carbocycles. The first kappa shape index (κ1) is 11.0. The molecule has 0 radical (unpaired) electrons. The molecule has 2 nitrogen and oxygen atoms in total. The maximum atomic E-state index is 5.49. The number of hydrogen-bond acceptors (Lipinski definition) is 2. The van der Waals surface area contributed by atoms with E-state index in [1.54, 1.807) is 0 Å². The van der Waals surface area contributed by atoms with E-state index in [1.807, 2.05) is 18.2 Å². The summed E-state index contributed by atoms with van der Waals surface area (Å²) in [6, 6.07) is 8.06. The van der Waals surface area contributed by atoms with Gasteiger partial charge in [-0.05, 0) is 24.1 Å². The van der Waals surface area contributed by atoms with Crippen molar-refractivity contribution in [3.8, 4) is 5.75 Å². The third-order valence-electron chi connectivity index (χ3n) is 1.92. The standard InChI is InChI=1S/C11H15NOS/c1-2-9-4-3-5-10(8-9)13-7-6-11(12)14/h3-5,8H,2,6-7H2,1H3,(H2,12,14). The Hall–Kier alpha value is -1.09. The van der Waals surface area contributed by atoms with Gasteiger partial charge in [-0.1, -0.05) is 31.3 Å². The molecule has 0 fully saturated rings. The van der Waals surface area contributed by atoms with Crippen molar-refractivity contribution in [3.63, 3.8) is 0 Å². The second-order valence-corrected chi connectivity index (χ2v) is 3.59. The van der Waals surface area contributed by atoms with Gasteiger partial charge in [0.15, 0.2) is 0 Å². The molecule has 0 unspecified atom stereocenters. The van der Waals surface area contributed by atoms with Crippen LogP contribution >= 0.6 is 12.2 Å². The summed E-state index contributed by atoms with van der Waals surface area (Å²) in [6.07, 6.45) is 1.65. The lowest BCUT2D eigenvalue weighted by atomic mass is 10.2. The molecule has 0 aliphatic heterocycles. The fourth-order valence-electron chi connectivity index (χ4n) is 1.12. The van der Waals surface area contributed by atoms with Crippen LogP contribution in [0.25, 0.3) is 0 Å². The molecule has 14 heavy (non-hydrogen) atoms. The van der Waals surface area contributed by atoms with Crippen LogP contribution in [0.1, 0.15) is 18.9 Å². The molecule has 0 aliphatic carbocycles. The van der Waals surface area contributed by atoms with Crippen LogP contribution in [-0.2, 0) is 6.42 Å². The third kappa shape index (κ3) is 3.75. The summed E-state index contributed by atoms with van der Waals surface area (Å²) in [5.41, 5.74) is 6.64. The number of ether oxygens (including phenoxy) is 1. The summed E-state index contributed by atoms with van der Waals surface area (Å²) in [4.78, 5) is 0.497. The predicted octanol–water partition coefficient (Wildman–Crippen LogP) is 2.30. The van der Waals surface area contributed by atoms with E-state index in [1.165, 1.54) is 5.56 Å². The van der Waals surface area contributed by atoms with Crippen molar-refractivity contribution >= 4 is 17.2 Å². The molecule has 3 heteroatoms. The Labute approximate surface area is 90.1 Å². The topological polar surface area (TPSA) is 35.2 Å². The average molecular weight is 209 g/mol. The van der Waals surface area contributed by atoms with Gasteiger partial charge in [-0.2, -0.15) is 0 Å². The van der Waals surface area contributed by atoms with E-state index in [4.69, 9.17) is 22.7 Å². The van der Waals surface area contributed by atoms with Gasteiger partial charge in [0.05, 0.1) is 11.6 Å². The minimum Gasteiger partial charge on any atom is -0.493 e. The lowest BCUT2D eigenvalue weighted by molar-refractivity contribution is 0.329. The summed E-state index contributed by atoms with van der Waals surface area (Å²) >= 11 is 4.76.